The predicted molar refractivity (Wildman–Crippen MR) is 122 cm³/mol. The van der Waals surface area contributed by atoms with Gasteiger partial charge in [-0.25, -0.2) is 0 Å². The Morgan fingerprint density at radius 3 is 1.76 bits per heavy atom. The molecule has 0 saturated heterocycles. The highest BCUT2D eigenvalue weighted by Crippen LogP contribution is 2.49. The first-order valence-electron chi connectivity index (χ1n) is 12.0. The Morgan fingerprint density at radius 2 is 1.29 bits per heavy atom. The highest BCUT2D eigenvalue weighted by molar-refractivity contribution is 7.80. The van der Waals surface area contributed by atoms with Crippen molar-refractivity contribution in [2.75, 3.05) is 7.11 Å². The minimum absolute atomic E-state index is 0.0751. The summed E-state index contributed by atoms with van der Waals surface area (Å²) >= 11 is 5.27. The molecule has 1 aromatic carbocycles. The Balaban J connectivity index is 1.68. The minimum atomic E-state index is -5.29. The second-order valence-corrected chi connectivity index (χ2v) is 10.0. The molecule has 2 aliphatic rings. The van der Waals surface area contributed by atoms with Crippen LogP contribution in [0.5, 0.6) is 11.5 Å². The van der Waals surface area contributed by atoms with Crippen molar-refractivity contribution in [2.24, 2.45) is 23.7 Å². The zero-order valence-corrected chi connectivity index (χ0v) is 20.3. The molecule has 2 aliphatic carbocycles. The van der Waals surface area contributed by atoms with Crippen LogP contribution >= 0.6 is 12.2 Å². The average Bonchev–Trinajstić information content (AvgIpc) is 2.78. The Morgan fingerprint density at radius 1 is 0.824 bits per heavy atom. The third-order valence-corrected chi connectivity index (χ3v) is 7.90. The second kappa shape index (κ2) is 11.0. The Hall–Kier alpha value is -1.51. The summed E-state index contributed by atoms with van der Waals surface area (Å²) in [6.45, 7) is 2.21. The molecule has 0 unspecified atom stereocenters. The van der Waals surface area contributed by atoms with E-state index >= 15 is 0 Å². The second-order valence-electron chi connectivity index (χ2n) is 9.61. The lowest BCUT2D eigenvalue weighted by atomic mass is 9.69. The average molecular weight is 511 g/mol. The number of alkyl halides is 6. The van der Waals surface area contributed by atoms with Crippen molar-refractivity contribution in [3.63, 3.8) is 0 Å². The van der Waals surface area contributed by atoms with Crippen LogP contribution in [0, 0.1) is 23.7 Å². The van der Waals surface area contributed by atoms with Gasteiger partial charge in [-0.15, -0.1) is 0 Å². The van der Waals surface area contributed by atoms with Gasteiger partial charge in [-0.05, 0) is 80.6 Å². The Labute approximate surface area is 202 Å². The third-order valence-electron chi connectivity index (χ3n) is 7.49. The maximum Gasteiger partial charge on any atom is 0.420 e. The van der Waals surface area contributed by atoms with E-state index in [-0.39, 0.29) is 11.0 Å². The molecule has 2 fully saturated rings. The lowest BCUT2D eigenvalue weighted by Gasteiger charge is -2.38. The fraction of sp³-hybridized carbons (Fsp3) is 0.720. The zero-order valence-electron chi connectivity index (χ0n) is 19.5. The molecule has 0 amide bonds. The van der Waals surface area contributed by atoms with Gasteiger partial charge in [0.25, 0.3) is 0 Å². The van der Waals surface area contributed by atoms with Crippen molar-refractivity contribution in [2.45, 2.75) is 83.5 Å². The van der Waals surface area contributed by atoms with Crippen LogP contribution in [-0.2, 0) is 12.4 Å². The van der Waals surface area contributed by atoms with Crippen LogP contribution in [0.1, 0.15) is 82.3 Å². The van der Waals surface area contributed by atoms with Gasteiger partial charge in [0.05, 0.1) is 7.11 Å². The van der Waals surface area contributed by atoms with E-state index in [4.69, 9.17) is 17.0 Å². The highest BCUT2D eigenvalue weighted by Gasteiger charge is 2.48. The number of ether oxygens (including phenoxy) is 2. The van der Waals surface area contributed by atoms with Gasteiger partial charge in [-0.3, -0.25) is 0 Å². The number of thiocarbonyl (C=S) groups is 1. The molecule has 0 N–H and O–H groups in total. The van der Waals surface area contributed by atoms with Gasteiger partial charge in [0.15, 0.2) is 5.05 Å². The summed E-state index contributed by atoms with van der Waals surface area (Å²) < 4.78 is 91.5. The molecule has 3 rings (SSSR count). The molecule has 192 valence electrons. The molecule has 0 bridgehead atoms. The summed E-state index contributed by atoms with van der Waals surface area (Å²) in [7, 11) is 0.893. The van der Waals surface area contributed by atoms with Crippen LogP contribution in [0.25, 0.3) is 0 Å². The van der Waals surface area contributed by atoms with Gasteiger partial charge in [0.2, 0.25) is 0 Å². The molecule has 0 aromatic heterocycles. The summed E-state index contributed by atoms with van der Waals surface area (Å²) in [5.41, 5.74) is -3.80. The third kappa shape index (κ3) is 6.38. The standard InChI is InChI=1S/C25H32F6O2S/c1-3-4-15-5-7-16(8-6-15)17-9-11-18(12-10-17)23(34)33-20-14-13-19(32-2)21(24(26,27)28)22(20)25(29,30)31/h13-18H,3-12H2,1-2H3. The first-order chi connectivity index (χ1) is 16.0. The molecule has 0 atom stereocenters. The number of benzene rings is 1. The molecule has 9 heteroatoms. The van der Waals surface area contributed by atoms with Gasteiger partial charge < -0.3 is 9.47 Å². The number of rotatable bonds is 6. The molecule has 2 nitrogen and oxygen atoms in total. The van der Waals surface area contributed by atoms with E-state index < -0.39 is 35.0 Å². The van der Waals surface area contributed by atoms with Crippen molar-refractivity contribution < 1.29 is 35.8 Å². The molecule has 2 saturated carbocycles. The number of halogens is 6. The predicted octanol–water partition coefficient (Wildman–Crippen LogP) is 8.85. The largest absolute Gasteiger partial charge is 0.496 e. The van der Waals surface area contributed by atoms with Crippen molar-refractivity contribution in [3.8, 4) is 11.5 Å². The van der Waals surface area contributed by atoms with E-state index in [1.165, 1.54) is 38.5 Å². The lowest BCUT2D eigenvalue weighted by Crippen LogP contribution is -2.30. The van der Waals surface area contributed by atoms with E-state index in [2.05, 4.69) is 11.7 Å². The molecule has 0 aliphatic heterocycles. The van der Waals surface area contributed by atoms with Gasteiger partial charge >= 0.3 is 12.4 Å². The van der Waals surface area contributed by atoms with Gasteiger partial charge in [0, 0.05) is 5.92 Å². The SMILES string of the molecule is CCCC1CCC(C2CCC(C(=S)Oc3ccc(OC)c(C(F)(F)F)c3C(F)(F)F)CC2)CC1. The zero-order chi connectivity index (χ0) is 25.1. The Bertz CT molecular complexity index is 835. The first-order valence-corrected chi connectivity index (χ1v) is 12.4. The molecule has 34 heavy (non-hydrogen) atoms. The van der Waals surface area contributed by atoms with Crippen LogP contribution in [0.2, 0.25) is 0 Å². The molecule has 0 spiro atoms. The smallest absolute Gasteiger partial charge is 0.420 e. The van der Waals surface area contributed by atoms with E-state index in [0.717, 1.165) is 38.0 Å². The fourth-order valence-corrected chi connectivity index (χ4v) is 6.08. The molecular formula is C25H32F6O2S. The fourth-order valence-electron chi connectivity index (χ4n) is 5.76. The quantitative estimate of drug-likeness (QED) is 0.281. The molecule has 0 radical (unpaired) electrons. The van der Waals surface area contributed by atoms with Crippen molar-refractivity contribution in [1.29, 1.82) is 0 Å². The van der Waals surface area contributed by atoms with E-state index in [0.29, 0.717) is 24.7 Å². The summed E-state index contributed by atoms with van der Waals surface area (Å²) in [6.07, 6.45) is 0.106. The monoisotopic (exact) mass is 510 g/mol. The van der Waals surface area contributed by atoms with Crippen molar-refractivity contribution >= 4 is 17.3 Å². The van der Waals surface area contributed by atoms with E-state index in [1.54, 1.807) is 0 Å². The normalized spacial score (nSPS) is 26.2. The van der Waals surface area contributed by atoms with Gasteiger partial charge in [0.1, 0.15) is 22.6 Å². The van der Waals surface area contributed by atoms with Crippen molar-refractivity contribution in [1.82, 2.24) is 0 Å². The maximum absolute atomic E-state index is 13.7. The summed E-state index contributed by atoms with van der Waals surface area (Å²) in [4.78, 5) is 0. The topological polar surface area (TPSA) is 18.5 Å². The molecule has 0 heterocycles. The van der Waals surface area contributed by atoms with Crippen LogP contribution in [-0.4, -0.2) is 12.2 Å². The number of hydrogen-bond acceptors (Lipinski definition) is 3. The van der Waals surface area contributed by atoms with E-state index in [9.17, 15) is 26.3 Å². The van der Waals surface area contributed by atoms with Gasteiger partial charge in [-0.1, -0.05) is 32.6 Å². The number of methoxy groups -OCH3 is 1. The number of hydrogen-bond donors (Lipinski definition) is 0. The van der Waals surface area contributed by atoms with Crippen LogP contribution in [0.3, 0.4) is 0 Å². The van der Waals surface area contributed by atoms with Crippen molar-refractivity contribution in [3.05, 3.63) is 23.3 Å². The lowest BCUT2D eigenvalue weighted by molar-refractivity contribution is -0.163. The Kier molecular flexibility index (Phi) is 8.80. The van der Waals surface area contributed by atoms with Crippen LogP contribution < -0.4 is 9.47 Å². The highest BCUT2D eigenvalue weighted by atomic mass is 32.1. The van der Waals surface area contributed by atoms with E-state index in [1.807, 2.05) is 0 Å². The molecular weight excluding hydrogens is 478 g/mol. The van der Waals surface area contributed by atoms with Crippen LogP contribution in [0.4, 0.5) is 26.3 Å². The van der Waals surface area contributed by atoms with Crippen LogP contribution in [0.15, 0.2) is 12.1 Å². The maximum atomic E-state index is 13.7. The summed E-state index contributed by atoms with van der Waals surface area (Å²) in [5, 5.41) is -0.0751. The first kappa shape index (κ1) is 27.1. The summed E-state index contributed by atoms with van der Waals surface area (Å²) in [5.74, 6) is -0.0107. The molecule has 1 aromatic rings. The minimum Gasteiger partial charge on any atom is -0.496 e. The summed E-state index contributed by atoms with van der Waals surface area (Å²) in [6, 6.07) is 1.69. The van der Waals surface area contributed by atoms with Gasteiger partial charge in [-0.2, -0.15) is 26.3 Å².